The minimum atomic E-state index is 0.846. The Balaban J connectivity index is 0.000000141. The lowest BCUT2D eigenvalue weighted by atomic mass is 9.91. The molecule has 0 fully saturated rings. The summed E-state index contributed by atoms with van der Waals surface area (Å²) in [5.41, 5.74) is 38.8. The molecule has 8 heteroatoms. The Labute approximate surface area is 809 Å². The second kappa shape index (κ2) is 33.7. The van der Waals surface area contributed by atoms with E-state index in [0.717, 1.165) is 147 Å². The first kappa shape index (κ1) is 80.9. The zero-order valence-corrected chi connectivity index (χ0v) is 76.2. The van der Waals surface area contributed by atoms with Crippen LogP contribution in [0.15, 0.2) is 522 Å². The topological polar surface area (TPSA) is 44.7 Å². The average molecular weight is 1790 g/mol. The molecule has 26 aromatic rings. The molecule has 0 atom stereocenters. The maximum atomic E-state index is 6.60. The van der Waals surface area contributed by atoms with Crippen LogP contribution in [-0.4, -0.2) is 18.3 Å². The highest BCUT2D eigenvalue weighted by atomic mass is 16.5. The van der Waals surface area contributed by atoms with Crippen LogP contribution in [0.3, 0.4) is 0 Å². The van der Waals surface area contributed by atoms with E-state index in [1.54, 1.807) is 0 Å². The molecule has 0 amide bonds. The summed E-state index contributed by atoms with van der Waals surface area (Å²) >= 11 is 0. The van der Waals surface area contributed by atoms with E-state index < -0.39 is 0 Å². The molecule has 2 aliphatic heterocycles. The van der Waals surface area contributed by atoms with Crippen molar-refractivity contribution in [3.63, 3.8) is 0 Å². The number of benzene rings is 22. The van der Waals surface area contributed by atoms with Crippen molar-refractivity contribution in [2.24, 2.45) is 0 Å². The predicted molar refractivity (Wildman–Crippen MR) is 583 cm³/mol. The predicted octanol–water partition coefficient (Wildman–Crippen LogP) is 36.2. The summed E-state index contributed by atoms with van der Waals surface area (Å²) in [7, 11) is 0. The zero-order valence-electron chi connectivity index (χ0n) is 76.2. The van der Waals surface area contributed by atoms with Crippen LogP contribution in [-0.2, 0) is 0 Å². The minimum absolute atomic E-state index is 0.846. The normalized spacial score (nSPS) is 11.8. The zero-order chi connectivity index (χ0) is 92.2. The molecule has 0 radical (unpaired) electrons. The molecule has 0 N–H and O–H groups in total. The van der Waals surface area contributed by atoms with E-state index in [4.69, 9.17) is 9.47 Å². The number of hydrogen-bond acceptors (Lipinski definition) is 4. The number of hydrogen-bond donors (Lipinski definition) is 0. The molecule has 0 unspecified atom stereocenters. The largest absolute Gasteiger partial charge is 0.456 e. The highest BCUT2D eigenvalue weighted by molar-refractivity contribution is 6.15. The van der Waals surface area contributed by atoms with Gasteiger partial charge in [0.2, 0.25) is 0 Å². The van der Waals surface area contributed by atoms with Crippen molar-refractivity contribution in [3.05, 3.63) is 522 Å². The first-order valence-corrected chi connectivity index (χ1v) is 47.8. The van der Waals surface area contributed by atoms with Gasteiger partial charge in [-0.1, -0.05) is 303 Å². The number of ether oxygens (including phenoxy) is 2. The van der Waals surface area contributed by atoms with Gasteiger partial charge in [-0.05, 0) is 285 Å². The SMILES string of the molecule is c1ccc(-n2c3ccccc3c3cc(-c4ccc(N(c5ccc(-c6ccc7c(c6)-c6ccccc6Oc6ccccc6-7)cc5)c5ccc6c(c5)c5ccccc5n6-c5ccccc5)cc4)ccc32)cc1.c1ccc(-n2c3ccccc3c3cc(-c4ccc(N(c5ccc(-c6ccc7c(c6)c6ccccc6n7-c6ccccc6)cc5)c5ccc6c(c5)-c5ccccc5Oc5ccccc5-6)cc4)ccc32)cc1. The third kappa shape index (κ3) is 13.8. The molecule has 28 rings (SSSR count). The minimum Gasteiger partial charge on any atom is -0.456 e. The van der Waals surface area contributed by atoms with E-state index in [0.29, 0.717) is 0 Å². The lowest BCUT2D eigenvalue weighted by Crippen LogP contribution is -2.10. The Hall–Kier alpha value is -18.8. The molecule has 2 aliphatic rings. The smallest absolute Gasteiger partial charge is 0.135 e. The van der Waals surface area contributed by atoms with Crippen LogP contribution in [0, 0.1) is 0 Å². The Kier molecular flexibility index (Phi) is 19.5. The van der Waals surface area contributed by atoms with Crippen molar-refractivity contribution in [3.8, 4) is 135 Å². The number of nitrogens with zero attached hydrogens (tertiary/aromatic N) is 6. The van der Waals surface area contributed by atoms with Gasteiger partial charge in [-0.15, -0.1) is 0 Å². The monoisotopic (exact) mass is 1790 g/mol. The number of fused-ring (bicyclic) bond motifs is 22. The van der Waals surface area contributed by atoms with Gasteiger partial charge in [-0.3, -0.25) is 0 Å². The standard InChI is InChI=1S/2C66H43N3O/c1-3-15-48(16-4-1)68-61-23-11-7-19-54(61)59-41-46(31-39-63(59)68)44-27-33-50(34-28-44)67(52-37-38-53-56-21-9-13-25-65(56)70-66-26-14-10-22-57(66)58(53)43-52)51-35-29-45(30-36-51)47-32-40-64-60(42-47)55-20-8-12-24-62(55)69(64)49-17-5-2-6-18-49;1-3-15-48(16-4-1)68-61-23-11-7-19-54(61)59-42-47(32-39-63(59)68)45-29-35-51(36-30-45)67(52-37-40-64-60(43-52)55-20-8-12-24-62(55)69(64)49-17-5-2-6-18-49)50-33-27-44(28-34-50)46-31-38-53-56-21-9-13-25-65(56)70-66-26-14-10-22-57(66)58(53)41-46/h2*1-43H. The maximum Gasteiger partial charge on any atom is 0.135 e. The number of anilines is 6. The Bertz CT molecular complexity index is 9140. The summed E-state index contributed by atoms with van der Waals surface area (Å²) in [4.78, 5) is 4.77. The number of rotatable bonds is 14. The average Bonchev–Trinajstić information content (AvgIpc) is 1.60. The van der Waals surface area contributed by atoms with E-state index in [9.17, 15) is 0 Å². The first-order valence-electron chi connectivity index (χ1n) is 47.8. The molecule has 6 heterocycles. The quantitative estimate of drug-likeness (QED) is 0.109. The molecule has 140 heavy (non-hydrogen) atoms. The molecule has 4 aromatic heterocycles. The third-order valence-electron chi connectivity index (χ3n) is 28.3. The summed E-state index contributed by atoms with van der Waals surface area (Å²) in [6, 6.07) is 188. The van der Waals surface area contributed by atoms with Gasteiger partial charge in [0.15, 0.2) is 0 Å². The van der Waals surface area contributed by atoms with E-state index in [1.807, 2.05) is 24.3 Å². The van der Waals surface area contributed by atoms with Crippen LogP contribution in [0.1, 0.15) is 0 Å². The second-order valence-electron chi connectivity index (χ2n) is 36.2. The summed E-state index contributed by atoms with van der Waals surface area (Å²) in [5.74, 6) is 3.44. The number of aromatic nitrogens is 4. The van der Waals surface area contributed by atoms with Gasteiger partial charge in [0, 0.05) is 122 Å². The highest BCUT2D eigenvalue weighted by Gasteiger charge is 2.28. The summed E-state index contributed by atoms with van der Waals surface area (Å²) in [5, 5.41) is 9.86. The lowest BCUT2D eigenvalue weighted by Gasteiger charge is -2.27. The van der Waals surface area contributed by atoms with Crippen molar-refractivity contribution in [2.75, 3.05) is 9.80 Å². The summed E-state index contributed by atoms with van der Waals surface area (Å²) < 4.78 is 22.6. The maximum absolute atomic E-state index is 6.60. The number of para-hydroxylation sites is 12. The van der Waals surface area contributed by atoms with E-state index >= 15 is 0 Å². The summed E-state index contributed by atoms with van der Waals surface area (Å²) in [6.07, 6.45) is 0. The van der Waals surface area contributed by atoms with Crippen molar-refractivity contribution < 1.29 is 9.47 Å². The Morgan fingerprint density at radius 1 is 0.129 bits per heavy atom. The molecular formula is C132H86N6O2. The van der Waals surface area contributed by atoms with Crippen molar-refractivity contribution in [2.45, 2.75) is 0 Å². The van der Waals surface area contributed by atoms with Gasteiger partial charge >= 0.3 is 0 Å². The molecular weight excluding hydrogens is 1700 g/mol. The van der Waals surface area contributed by atoms with Crippen molar-refractivity contribution in [1.29, 1.82) is 0 Å². The van der Waals surface area contributed by atoms with Gasteiger partial charge in [-0.25, -0.2) is 0 Å². The molecule has 0 aliphatic carbocycles. The van der Waals surface area contributed by atoms with Crippen LogP contribution in [0.2, 0.25) is 0 Å². The lowest BCUT2D eigenvalue weighted by molar-refractivity contribution is 0.487. The molecule has 0 spiro atoms. The van der Waals surface area contributed by atoms with E-state index in [1.165, 1.54) is 109 Å². The van der Waals surface area contributed by atoms with Crippen LogP contribution >= 0.6 is 0 Å². The van der Waals surface area contributed by atoms with Gasteiger partial charge < -0.3 is 37.5 Å². The van der Waals surface area contributed by atoms with Gasteiger partial charge in [0.1, 0.15) is 23.0 Å². The molecule has 0 bridgehead atoms. The van der Waals surface area contributed by atoms with Gasteiger partial charge in [0.05, 0.1) is 44.1 Å². The van der Waals surface area contributed by atoms with Crippen LogP contribution in [0.25, 0.3) is 199 Å². The second-order valence-corrected chi connectivity index (χ2v) is 36.2. The molecule has 22 aromatic carbocycles. The molecule has 0 saturated carbocycles. The van der Waals surface area contributed by atoms with Crippen LogP contribution < -0.4 is 19.3 Å². The Morgan fingerprint density at radius 3 is 0.671 bits per heavy atom. The fraction of sp³-hybridized carbons (Fsp3) is 0. The molecule has 8 nitrogen and oxygen atoms in total. The molecule has 0 saturated heterocycles. The van der Waals surface area contributed by atoms with E-state index in [2.05, 4.69) is 526 Å². The first-order chi connectivity index (χ1) is 69.4. The summed E-state index contributed by atoms with van der Waals surface area (Å²) in [6.45, 7) is 0. The van der Waals surface area contributed by atoms with Crippen molar-refractivity contribution in [1.82, 2.24) is 18.3 Å². The molecule has 656 valence electrons. The van der Waals surface area contributed by atoms with E-state index in [-0.39, 0.29) is 0 Å². The van der Waals surface area contributed by atoms with Gasteiger partial charge in [0.25, 0.3) is 0 Å². The van der Waals surface area contributed by atoms with Crippen LogP contribution in [0.5, 0.6) is 23.0 Å². The van der Waals surface area contributed by atoms with Crippen LogP contribution in [0.4, 0.5) is 34.1 Å². The fourth-order valence-electron chi connectivity index (χ4n) is 21.7. The fourth-order valence-corrected chi connectivity index (χ4v) is 21.7. The van der Waals surface area contributed by atoms with Crippen molar-refractivity contribution >= 4 is 121 Å². The third-order valence-corrected chi connectivity index (χ3v) is 28.3. The Morgan fingerprint density at radius 2 is 0.343 bits per heavy atom. The highest BCUT2D eigenvalue weighted by Crippen LogP contribution is 2.53. The van der Waals surface area contributed by atoms with Gasteiger partial charge in [-0.2, -0.15) is 0 Å².